The van der Waals surface area contributed by atoms with E-state index >= 15 is 0 Å². The van der Waals surface area contributed by atoms with E-state index in [9.17, 15) is 4.79 Å². The lowest BCUT2D eigenvalue weighted by molar-refractivity contribution is 0.0735. The first-order valence-electron chi connectivity index (χ1n) is 12.8. The Labute approximate surface area is 229 Å². The monoisotopic (exact) mass is 540 g/mol. The van der Waals surface area contributed by atoms with Crippen molar-refractivity contribution in [2.45, 2.75) is 44.7 Å². The van der Waals surface area contributed by atoms with E-state index < -0.39 is 5.54 Å². The lowest BCUT2D eigenvalue weighted by Crippen LogP contribution is -2.35. The Morgan fingerprint density at radius 3 is 2.72 bits per heavy atom. The normalized spacial score (nSPS) is 16.9. The van der Waals surface area contributed by atoms with Gasteiger partial charge in [-0.15, -0.1) is 21.5 Å². The molecule has 0 saturated carbocycles. The van der Waals surface area contributed by atoms with Crippen LogP contribution < -0.4 is 5.73 Å². The Morgan fingerprint density at radius 1 is 1.15 bits per heavy atom. The molecule has 9 nitrogen and oxygen atoms in total. The van der Waals surface area contributed by atoms with Crippen molar-refractivity contribution in [3.63, 3.8) is 0 Å². The number of nitrogens with zero attached hydrogens (tertiary/aromatic N) is 5. The van der Waals surface area contributed by atoms with Crippen LogP contribution in [-0.2, 0) is 12.0 Å². The highest BCUT2D eigenvalue weighted by atomic mass is 32.1. The summed E-state index contributed by atoms with van der Waals surface area (Å²) in [7, 11) is 0. The average Bonchev–Trinajstić information content (AvgIpc) is 3.74. The maximum atomic E-state index is 13.9. The average molecular weight is 541 g/mol. The fourth-order valence-corrected chi connectivity index (χ4v) is 5.95. The second-order valence-corrected chi connectivity index (χ2v) is 11.0. The van der Waals surface area contributed by atoms with Crippen molar-refractivity contribution in [3.8, 4) is 22.7 Å². The third-order valence-corrected chi connectivity index (χ3v) is 7.99. The molecule has 5 aromatic rings. The van der Waals surface area contributed by atoms with Gasteiger partial charge in [-0.2, -0.15) is 0 Å². The number of hydrogen-bond acceptors (Lipinski definition) is 9. The maximum Gasteiger partial charge on any atom is 0.254 e. The summed E-state index contributed by atoms with van der Waals surface area (Å²) >= 11 is 1.60. The maximum absolute atomic E-state index is 13.9. The number of aryl methyl sites for hydroxylation is 1. The summed E-state index contributed by atoms with van der Waals surface area (Å²) < 4.78 is 11.2. The number of hydrogen-bond donors (Lipinski definition) is 1. The zero-order valence-corrected chi connectivity index (χ0v) is 22.5. The number of nitrogens with two attached hydrogens (primary N) is 1. The SMILES string of the molecule is Cc1csc(C2CCCN2C(=O)c2cc(-c3ccon3)cc(-c3nnc(C(C)(N)Cc4ccccc4)o3)c2)n1. The quantitative estimate of drug-likeness (QED) is 0.285. The highest BCUT2D eigenvalue weighted by molar-refractivity contribution is 7.09. The molecule has 1 aliphatic rings. The number of likely N-dealkylation sites (tertiary alicyclic amines) is 1. The van der Waals surface area contributed by atoms with Crippen LogP contribution in [0.2, 0.25) is 0 Å². The van der Waals surface area contributed by atoms with Gasteiger partial charge in [0.05, 0.1) is 11.6 Å². The third-order valence-electron chi connectivity index (χ3n) is 6.92. The summed E-state index contributed by atoms with van der Waals surface area (Å²) in [6.45, 7) is 4.51. The van der Waals surface area contributed by atoms with Crippen molar-refractivity contribution in [3.05, 3.63) is 94.0 Å². The predicted octanol–water partition coefficient (Wildman–Crippen LogP) is 5.55. The van der Waals surface area contributed by atoms with Crippen LogP contribution >= 0.6 is 11.3 Å². The van der Waals surface area contributed by atoms with Crippen molar-refractivity contribution < 1.29 is 13.7 Å². The minimum Gasteiger partial charge on any atom is -0.419 e. The minimum atomic E-state index is -0.871. The summed E-state index contributed by atoms with van der Waals surface area (Å²) in [5.41, 5.74) is 10.2. The minimum absolute atomic E-state index is 0.0405. The lowest BCUT2D eigenvalue weighted by atomic mass is 9.94. The van der Waals surface area contributed by atoms with Crippen molar-refractivity contribution >= 4 is 17.2 Å². The van der Waals surface area contributed by atoms with Crippen LogP contribution in [-0.4, -0.2) is 37.7 Å². The number of amides is 1. The molecule has 0 aliphatic carbocycles. The molecule has 6 rings (SSSR count). The second kappa shape index (κ2) is 10.2. The van der Waals surface area contributed by atoms with E-state index in [0.29, 0.717) is 41.2 Å². The van der Waals surface area contributed by atoms with Crippen molar-refractivity contribution in [1.82, 2.24) is 25.2 Å². The Morgan fingerprint density at radius 2 is 1.97 bits per heavy atom. The van der Waals surface area contributed by atoms with Crippen molar-refractivity contribution in [2.24, 2.45) is 5.73 Å². The largest absolute Gasteiger partial charge is 0.419 e. The summed E-state index contributed by atoms with van der Waals surface area (Å²) in [5, 5.41) is 15.7. The van der Waals surface area contributed by atoms with Crippen molar-refractivity contribution in [1.29, 1.82) is 0 Å². The van der Waals surface area contributed by atoms with Gasteiger partial charge >= 0.3 is 0 Å². The van der Waals surface area contributed by atoms with E-state index in [1.54, 1.807) is 23.5 Å². The Balaban J connectivity index is 1.35. The molecular weight excluding hydrogens is 512 g/mol. The number of carbonyl (C=O) groups is 1. The van der Waals surface area contributed by atoms with Crippen LogP contribution in [0.3, 0.4) is 0 Å². The van der Waals surface area contributed by atoms with Gasteiger partial charge in [0.1, 0.15) is 17.0 Å². The highest BCUT2D eigenvalue weighted by Crippen LogP contribution is 2.36. The molecule has 2 unspecified atom stereocenters. The van der Waals surface area contributed by atoms with Gasteiger partial charge in [0.25, 0.3) is 5.91 Å². The van der Waals surface area contributed by atoms with Crippen molar-refractivity contribution in [2.75, 3.05) is 6.54 Å². The van der Waals surface area contributed by atoms with E-state index in [1.165, 1.54) is 6.26 Å². The first kappa shape index (κ1) is 25.1. The van der Waals surface area contributed by atoms with Gasteiger partial charge in [0.2, 0.25) is 11.8 Å². The third kappa shape index (κ3) is 5.13. The Kier molecular flexibility index (Phi) is 6.58. The van der Waals surface area contributed by atoms with E-state index in [2.05, 4.69) is 20.3 Å². The van der Waals surface area contributed by atoms with Gasteiger partial charge in [0.15, 0.2) is 0 Å². The van der Waals surface area contributed by atoms with Crippen LogP contribution in [0.5, 0.6) is 0 Å². The van der Waals surface area contributed by atoms with E-state index in [4.69, 9.17) is 14.7 Å². The smallest absolute Gasteiger partial charge is 0.254 e. The molecule has 10 heteroatoms. The Hall–Kier alpha value is -4.15. The second-order valence-electron chi connectivity index (χ2n) is 10.2. The van der Waals surface area contributed by atoms with Crippen LogP contribution in [0.1, 0.15) is 58.3 Å². The van der Waals surface area contributed by atoms with Gasteiger partial charge in [-0.05, 0) is 56.9 Å². The van der Waals surface area contributed by atoms with Crippen LogP contribution in [0.4, 0.5) is 0 Å². The molecule has 0 spiro atoms. The molecule has 2 aromatic carbocycles. The van der Waals surface area contributed by atoms with E-state index in [0.717, 1.165) is 29.1 Å². The van der Waals surface area contributed by atoms with Crippen LogP contribution in [0.15, 0.2) is 75.2 Å². The predicted molar refractivity (Wildman–Crippen MR) is 147 cm³/mol. The van der Waals surface area contributed by atoms with E-state index in [-0.39, 0.29) is 17.8 Å². The first-order valence-corrected chi connectivity index (χ1v) is 13.7. The number of thiazole rings is 1. The topological polar surface area (TPSA) is 124 Å². The fraction of sp³-hybridized carbons (Fsp3) is 0.276. The van der Waals surface area contributed by atoms with Gasteiger partial charge in [-0.3, -0.25) is 4.79 Å². The summed E-state index contributed by atoms with van der Waals surface area (Å²) in [6, 6.07) is 17.1. The molecule has 2 N–H and O–H groups in total. The zero-order chi connectivity index (χ0) is 27.0. The molecule has 3 aromatic heterocycles. The van der Waals surface area contributed by atoms with Gasteiger partial charge < -0.3 is 19.6 Å². The molecule has 1 fully saturated rings. The molecule has 1 aliphatic heterocycles. The molecule has 1 amide bonds. The molecule has 0 bridgehead atoms. The molecule has 4 heterocycles. The zero-order valence-electron chi connectivity index (χ0n) is 21.7. The summed E-state index contributed by atoms with van der Waals surface area (Å²) in [6.07, 6.45) is 3.84. The highest BCUT2D eigenvalue weighted by Gasteiger charge is 2.33. The van der Waals surface area contributed by atoms with Gasteiger partial charge in [-0.25, -0.2) is 4.98 Å². The fourth-order valence-electron chi connectivity index (χ4n) is 5.01. The number of rotatable bonds is 7. The molecule has 2 atom stereocenters. The first-order chi connectivity index (χ1) is 18.9. The van der Waals surface area contributed by atoms with Crippen LogP contribution in [0.25, 0.3) is 22.7 Å². The van der Waals surface area contributed by atoms with Gasteiger partial charge in [0, 0.05) is 40.4 Å². The molecular formula is C29H28N6O3S. The molecule has 198 valence electrons. The number of aromatic nitrogens is 4. The Bertz CT molecular complexity index is 1590. The lowest BCUT2D eigenvalue weighted by Gasteiger charge is -2.23. The number of benzene rings is 2. The van der Waals surface area contributed by atoms with E-state index in [1.807, 2.05) is 66.6 Å². The standard InChI is InChI=1S/C29H28N6O3S/c1-18-17-39-26(31-18)24-9-6-11-35(24)27(36)22-14-20(23-10-12-37-34-23)13-21(15-22)25-32-33-28(38-25)29(2,30)16-19-7-4-3-5-8-19/h3-5,7-8,10,12-15,17,24H,6,9,11,16,30H2,1-2H3. The summed E-state index contributed by atoms with van der Waals surface area (Å²) in [5.74, 6) is 0.520. The molecule has 0 radical (unpaired) electrons. The molecule has 1 saturated heterocycles. The molecule has 39 heavy (non-hydrogen) atoms. The summed E-state index contributed by atoms with van der Waals surface area (Å²) in [4.78, 5) is 20.4. The van der Waals surface area contributed by atoms with Gasteiger partial charge in [-0.1, -0.05) is 35.5 Å². The van der Waals surface area contributed by atoms with Crippen LogP contribution in [0, 0.1) is 6.92 Å². The number of carbonyl (C=O) groups excluding carboxylic acids is 1.